The molecule has 0 aromatic carbocycles. The van der Waals surface area contributed by atoms with Gasteiger partial charge in [0.1, 0.15) is 10.7 Å². The molecule has 2 heterocycles. The van der Waals surface area contributed by atoms with Crippen LogP contribution in [0.5, 0.6) is 0 Å². The third kappa shape index (κ3) is 1.31. The molecular formula is C6H3BrIN3. The van der Waals surface area contributed by atoms with Crippen molar-refractivity contribution in [3.63, 3.8) is 0 Å². The first-order valence-electron chi connectivity index (χ1n) is 2.98. The molecule has 0 aromatic rings. The van der Waals surface area contributed by atoms with Gasteiger partial charge in [-0.1, -0.05) is 0 Å². The molecule has 0 fully saturated rings. The Balaban J connectivity index is 2.39. The van der Waals surface area contributed by atoms with Crippen LogP contribution < -0.4 is 0 Å². The van der Waals surface area contributed by atoms with E-state index in [2.05, 4.69) is 53.5 Å². The molecule has 1 atom stereocenters. The molecule has 2 aliphatic heterocycles. The van der Waals surface area contributed by atoms with E-state index < -0.39 is 0 Å². The fourth-order valence-corrected chi connectivity index (χ4v) is 1.76. The predicted molar refractivity (Wildman–Crippen MR) is 58.2 cm³/mol. The van der Waals surface area contributed by atoms with Crippen molar-refractivity contribution in [2.24, 2.45) is 15.0 Å². The van der Waals surface area contributed by atoms with Gasteiger partial charge in [-0.25, -0.2) is 9.98 Å². The van der Waals surface area contributed by atoms with E-state index in [9.17, 15) is 0 Å². The number of hydrogen-bond donors (Lipinski definition) is 0. The topological polar surface area (TPSA) is 37.1 Å². The van der Waals surface area contributed by atoms with E-state index in [0.29, 0.717) is 0 Å². The van der Waals surface area contributed by atoms with Crippen LogP contribution >= 0.6 is 38.5 Å². The quantitative estimate of drug-likeness (QED) is 0.611. The Labute approximate surface area is 85.7 Å². The minimum absolute atomic E-state index is 0.0509. The van der Waals surface area contributed by atoms with E-state index in [1.807, 2.05) is 0 Å². The van der Waals surface area contributed by atoms with E-state index in [1.54, 1.807) is 12.4 Å². The Morgan fingerprint density at radius 3 is 3.18 bits per heavy atom. The largest absolute Gasteiger partial charge is 0.259 e. The maximum absolute atomic E-state index is 4.30. The number of hydrogen-bond acceptors (Lipinski definition) is 3. The van der Waals surface area contributed by atoms with Gasteiger partial charge in [0.2, 0.25) is 0 Å². The van der Waals surface area contributed by atoms with Crippen LogP contribution in [0.2, 0.25) is 0 Å². The number of nitrogens with zero attached hydrogens (tertiary/aromatic N) is 3. The lowest BCUT2D eigenvalue weighted by Crippen LogP contribution is -2.19. The molecule has 0 radical (unpaired) electrons. The standard InChI is InChI=1S/C6H3BrIN3/c7-4-2-10-6-5(11-4)3(8)1-9-6/h1-2,5H. The molecule has 11 heavy (non-hydrogen) atoms. The van der Waals surface area contributed by atoms with Crippen LogP contribution in [-0.2, 0) is 0 Å². The Bertz CT molecular complexity index is 316. The van der Waals surface area contributed by atoms with Crippen molar-refractivity contribution in [2.75, 3.05) is 0 Å². The lowest BCUT2D eigenvalue weighted by molar-refractivity contribution is 1.08. The average Bonchev–Trinajstić information content (AvgIpc) is 2.33. The van der Waals surface area contributed by atoms with Crippen LogP contribution in [0.15, 0.2) is 24.8 Å². The molecule has 0 saturated carbocycles. The Kier molecular flexibility index (Phi) is 1.92. The summed E-state index contributed by atoms with van der Waals surface area (Å²) < 4.78 is 1.90. The van der Waals surface area contributed by atoms with Crippen molar-refractivity contribution in [3.8, 4) is 0 Å². The molecule has 56 valence electrons. The van der Waals surface area contributed by atoms with Crippen molar-refractivity contribution in [3.05, 3.63) is 9.78 Å². The molecular weight excluding hydrogens is 321 g/mol. The average molecular weight is 324 g/mol. The maximum Gasteiger partial charge on any atom is 0.157 e. The summed E-state index contributed by atoms with van der Waals surface area (Å²) in [6.45, 7) is 0. The van der Waals surface area contributed by atoms with E-state index in [0.717, 1.165) is 14.0 Å². The SMILES string of the molecule is BrC1=NC2C(I)=CN=C2N=C1. The van der Waals surface area contributed by atoms with Gasteiger partial charge < -0.3 is 0 Å². The second-order valence-electron chi connectivity index (χ2n) is 2.11. The zero-order valence-electron chi connectivity index (χ0n) is 5.33. The second kappa shape index (κ2) is 2.78. The molecule has 5 heteroatoms. The second-order valence-corrected chi connectivity index (χ2v) is 4.17. The highest BCUT2D eigenvalue weighted by Crippen LogP contribution is 2.24. The van der Waals surface area contributed by atoms with Gasteiger partial charge in [-0.15, -0.1) is 0 Å². The van der Waals surface area contributed by atoms with Gasteiger partial charge in [0.05, 0.1) is 6.21 Å². The van der Waals surface area contributed by atoms with Crippen LogP contribution in [0.1, 0.15) is 0 Å². The van der Waals surface area contributed by atoms with Crippen LogP contribution in [0, 0.1) is 0 Å². The first-order valence-corrected chi connectivity index (χ1v) is 4.85. The Morgan fingerprint density at radius 2 is 2.36 bits per heavy atom. The molecule has 0 aromatic heterocycles. The highest BCUT2D eigenvalue weighted by molar-refractivity contribution is 14.1. The van der Waals surface area contributed by atoms with Crippen molar-refractivity contribution in [1.29, 1.82) is 0 Å². The zero-order valence-corrected chi connectivity index (χ0v) is 9.07. The summed E-state index contributed by atoms with van der Waals surface area (Å²) in [6, 6.07) is 0.0509. The fraction of sp³-hybridized carbons (Fsp3) is 0.167. The summed E-state index contributed by atoms with van der Waals surface area (Å²) >= 11 is 5.49. The molecule has 2 aliphatic rings. The third-order valence-corrected chi connectivity index (χ3v) is 2.66. The highest BCUT2D eigenvalue weighted by atomic mass is 127. The smallest absolute Gasteiger partial charge is 0.157 e. The molecule has 0 saturated heterocycles. The third-order valence-electron chi connectivity index (χ3n) is 1.38. The van der Waals surface area contributed by atoms with Gasteiger partial charge in [-0.3, -0.25) is 4.99 Å². The zero-order chi connectivity index (χ0) is 7.84. The molecule has 0 spiro atoms. The summed E-state index contributed by atoms with van der Waals surface area (Å²) in [4.78, 5) is 12.5. The van der Waals surface area contributed by atoms with Gasteiger partial charge in [0.15, 0.2) is 5.84 Å². The molecule has 0 N–H and O–H groups in total. The van der Waals surface area contributed by atoms with E-state index >= 15 is 0 Å². The van der Waals surface area contributed by atoms with Crippen LogP contribution in [0.4, 0.5) is 0 Å². The molecule has 0 amide bonds. The lowest BCUT2D eigenvalue weighted by atomic mass is 10.3. The number of amidine groups is 1. The predicted octanol–water partition coefficient (Wildman–Crippen LogP) is 1.92. The van der Waals surface area contributed by atoms with Gasteiger partial charge in [0, 0.05) is 9.78 Å². The Hall–Kier alpha value is -0.0400. The number of aliphatic imine (C=N–C) groups is 3. The van der Waals surface area contributed by atoms with Gasteiger partial charge in [0.25, 0.3) is 0 Å². The minimum Gasteiger partial charge on any atom is -0.259 e. The number of halogens is 2. The molecule has 2 rings (SSSR count). The first kappa shape index (κ1) is 7.60. The monoisotopic (exact) mass is 323 g/mol. The summed E-state index contributed by atoms with van der Waals surface area (Å²) in [6.07, 6.45) is 3.46. The summed E-state index contributed by atoms with van der Waals surface area (Å²) in [5.41, 5.74) is 0. The minimum atomic E-state index is 0.0509. The summed E-state index contributed by atoms with van der Waals surface area (Å²) in [7, 11) is 0. The summed E-state index contributed by atoms with van der Waals surface area (Å²) in [5, 5.41) is 0. The first-order chi connectivity index (χ1) is 5.27. The van der Waals surface area contributed by atoms with Crippen LogP contribution in [-0.4, -0.2) is 22.7 Å². The van der Waals surface area contributed by atoms with Gasteiger partial charge >= 0.3 is 0 Å². The van der Waals surface area contributed by atoms with Crippen molar-refractivity contribution in [1.82, 2.24) is 0 Å². The molecule has 1 unspecified atom stereocenters. The lowest BCUT2D eigenvalue weighted by Gasteiger charge is -2.09. The highest BCUT2D eigenvalue weighted by Gasteiger charge is 2.24. The molecule has 0 aliphatic carbocycles. The van der Waals surface area contributed by atoms with Crippen LogP contribution in [0.25, 0.3) is 0 Å². The van der Waals surface area contributed by atoms with Crippen molar-refractivity contribution >= 4 is 55.2 Å². The number of fused-ring (bicyclic) bond motifs is 1. The van der Waals surface area contributed by atoms with Crippen molar-refractivity contribution in [2.45, 2.75) is 6.04 Å². The molecule has 3 nitrogen and oxygen atoms in total. The summed E-state index contributed by atoms with van der Waals surface area (Å²) in [5.74, 6) is 0.789. The van der Waals surface area contributed by atoms with Gasteiger partial charge in [-0.05, 0) is 38.5 Å². The molecule has 0 bridgehead atoms. The fourth-order valence-electron chi connectivity index (χ4n) is 0.892. The van der Waals surface area contributed by atoms with E-state index in [-0.39, 0.29) is 6.04 Å². The van der Waals surface area contributed by atoms with Crippen molar-refractivity contribution < 1.29 is 0 Å². The number of rotatable bonds is 0. The van der Waals surface area contributed by atoms with Gasteiger partial charge in [-0.2, -0.15) is 0 Å². The van der Waals surface area contributed by atoms with Crippen LogP contribution in [0.3, 0.4) is 0 Å². The normalized spacial score (nSPS) is 27.5. The Morgan fingerprint density at radius 1 is 1.55 bits per heavy atom. The van der Waals surface area contributed by atoms with E-state index in [4.69, 9.17) is 0 Å². The van der Waals surface area contributed by atoms with E-state index in [1.165, 1.54) is 0 Å². The maximum atomic E-state index is 4.30.